The van der Waals surface area contributed by atoms with Gasteiger partial charge in [-0.05, 0) is 94.2 Å². The molecule has 7 aromatic rings. The molecule has 0 spiro atoms. The van der Waals surface area contributed by atoms with Crippen molar-refractivity contribution in [3.05, 3.63) is 141 Å². The minimum absolute atomic E-state index is 0.0156. The highest BCUT2D eigenvalue weighted by atomic mass is 32.1. The first-order valence-corrected chi connectivity index (χ1v) is 16.2. The van der Waals surface area contributed by atoms with E-state index in [2.05, 4.69) is 103 Å². The zero-order chi connectivity index (χ0) is 30.4. The van der Waals surface area contributed by atoms with Crippen molar-refractivity contribution in [1.29, 1.82) is 10.5 Å². The van der Waals surface area contributed by atoms with Gasteiger partial charge in [0.15, 0.2) is 0 Å². The number of aromatic nitrogens is 1. The molecule has 0 saturated carbocycles. The number of nitriles is 2. The van der Waals surface area contributed by atoms with E-state index in [1.54, 1.807) is 0 Å². The summed E-state index contributed by atoms with van der Waals surface area (Å²) in [6.45, 7) is 4.67. The van der Waals surface area contributed by atoms with Crippen molar-refractivity contribution in [2.75, 3.05) is 0 Å². The van der Waals surface area contributed by atoms with Crippen LogP contribution in [0.2, 0.25) is 0 Å². The molecule has 0 N–H and O–H groups in total. The molecule has 3 nitrogen and oxygen atoms in total. The molecule has 2 aliphatic rings. The summed E-state index contributed by atoms with van der Waals surface area (Å²) in [6, 6.07) is 38.9. The molecule has 2 aliphatic carbocycles. The lowest BCUT2D eigenvalue weighted by molar-refractivity contribution is 0.661. The Hall–Kier alpha value is -5.42. The SMILES string of the molecule is CC1(C)c2ccccc2-c2cc3c4c(sc3cc21)C=CCC4c1c(C#N)cccc1-n1c2ccccc2c2cc(C#N)ccc21. The quantitative estimate of drug-likeness (QED) is 0.200. The lowest BCUT2D eigenvalue weighted by Crippen LogP contribution is -2.14. The van der Waals surface area contributed by atoms with Crippen molar-refractivity contribution in [3.63, 3.8) is 0 Å². The maximum atomic E-state index is 10.6. The van der Waals surface area contributed by atoms with E-state index in [4.69, 9.17) is 0 Å². The fourth-order valence-electron chi connectivity index (χ4n) is 8.02. The Kier molecular flexibility index (Phi) is 5.37. The van der Waals surface area contributed by atoms with Gasteiger partial charge in [0, 0.05) is 37.2 Å². The van der Waals surface area contributed by atoms with Gasteiger partial charge in [0.05, 0.1) is 40.0 Å². The van der Waals surface area contributed by atoms with Gasteiger partial charge in [-0.1, -0.05) is 68.5 Å². The maximum Gasteiger partial charge on any atom is 0.0995 e. The maximum absolute atomic E-state index is 10.6. The first kappa shape index (κ1) is 26.0. The summed E-state index contributed by atoms with van der Waals surface area (Å²) in [6.07, 6.45) is 5.37. The molecule has 0 radical (unpaired) electrons. The van der Waals surface area contributed by atoms with E-state index < -0.39 is 0 Å². The molecule has 4 heteroatoms. The van der Waals surface area contributed by atoms with Crippen LogP contribution in [0.5, 0.6) is 0 Å². The molecule has 45 heavy (non-hydrogen) atoms. The molecule has 0 aliphatic heterocycles. The number of para-hydroxylation sites is 1. The van der Waals surface area contributed by atoms with E-state index >= 15 is 0 Å². The molecule has 2 heterocycles. The number of allylic oxidation sites excluding steroid dienone is 1. The number of thiophene rings is 1. The highest BCUT2D eigenvalue weighted by Gasteiger charge is 2.37. The zero-order valence-corrected chi connectivity index (χ0v) is 25.7. The normalized spacial score (nSPS) is 16.0. The van der Waals surface area contributed by atoms with Gasteiger partial charge >= 0.3 is 0 Å². The van der Waals surface area contributed by atoms with E-state index in [9.17, 15) is 10.5 Å². The number of hydrogen-bond donors (Lipinski definition) is 0. The third kappa shape index (κ3) is 3.49. The van der Waals surface area contributed by atoms with E-state index in [-0.39, 0.29) is 11.3 Å². The van der Waals surface area contributed by atoms with Crippen molar-refractivity contribution in [2.45, 2.75) is 31.6 Å². The van der Waals surface area contributed by atoms with Crippen molar-refractivity contribution >= 4 is 49.3 Å². The van der Waals surface area contributed by atoms with Crippen LogP contribution in [0, 0.1) is 22.7 Å². The van der Waals surface area contributed by atoms with Crippen molar-refractivity contribution in [2.24, 2.45) is 0 Å². The predicted octanol–water partition coefficient (Wildman–Crippen LogP) is 10.6. The van der Waals surface area contributed by atoms with Gasteiger partial charge in [-0.3, -0.25) is 0 Å². The standard InChI is InChI=1S/C41H27N3S/c1-41(2)32-13-5-3-10-26(32)29-20-31-38(21-33(29)41)45-37-16-8-12-28(40(31)37)39-25(23-43)9-7-15-36(39)44-34-14-6-4-11-27(34)30-19-24(22-42)17-18-35(30)44/h3-11,13-21,28H,12H2,1-2H3. The minimum Gasteiger partial charge on any atom is -0.309 e. The first-order valence-electron chi connectivity index (χ1n) is 15.3. The van der Waals surface area contributed by atoms with Crippen molar-refractivity contribution in [3.8, 4) is 29.0 Å². The van der Waals surface area contributed by atoms with Crippen LogP contribution < -0.4 is 0 Å². The van der Waals surface area contributed by atoms with Crippen LogP contribution in [0.4, 0.5) is 0 Å². The average Bonchev–Trinajstić information content (AvgIpc) is 3.68. The second kappa shape index (κ2) is 9.29. The van der Waals surface area contributed by atoms with Crippen LogP contribution in [0.1, 0.15) is 64.4 Å². The van der Waals surface area contributed by atoms with E-state index in [1.165, 1.54) is 42.8 Å². The second-order valence-corrected chi connectivity index (χ2v) is 13.8. The van der Waals surface area contributed by atoms with Crippen molar-refractivity contribution < 1.29 is 0 Å². The summed E-state index contributed by atoms with van der Waals surface area (Å²) >= 11 is 1.86. The zero-order valence-electron chi connectivity index (χ0n) is 24.9. The van der Waals surface area contributed by atoms with Gasteiger partial charge in [-0.15, -0.1) is 11.3 Å². The molecule has 0 amide bonds. The number of rotatable bonds is 2. The Morgan fingerprint density at radius 2 is 1.56 bits per heavy atom. The fourth-order valence-corrected chi connectivity index (χ4v) is 9.24. The van der Waals surface area contributed by atoms with Gasteiger partial charge in [0.1, 0.15) is 0 Å². The van der Waals surface area contributed by atoms with Crippen LogP contribution in [-0.4, -0.2) is 4.57 Å². The Morgan fingerprint density at radius 1 is 0.733 bits per heavy atom. The van der Waals surface area contributed by atoms with Gasteiger partial charge < -0.3 is 4.57 Å². The lowest BCUT2D eigenvalue weighted by atomic mass is 9.79. The molecule has 9 rings (SSSR count). The third-order valence-electron chi connectivity index (χ3n) is 10.0. The highest BCUT2D eigenvalue weighted by Crippen LogP contribution is 2.53. The molecular formula is C41H27N3S. The summed E-state index contributed by atoms with van der Waals surface area (Å²) in [7, 11) is 0. The Labute approximate surface area is 265 Å². The highest BCUT2D eigenvalue weighted by molar-refractivity contribution is 7.20. The summed E-state index contributed by atoms with van der Waals surface area (Å²) < 4.78 is 3.60. The minimum atomic E-state index is -0.0532. The van der Waals surface area contributed by atoms with Crippen LogP contribution in [0.15, 0.2) is 103 Å². The smallest absolute Gasteiger partial charge is 0.0995 e. The van der Waals surface area contributed by atoms with E-state index in [0.29, 0.717) is 11.1 Å². The molecule has 0 saturated heterocycles. The topological polar surface area (TPSA) is 52.5 Å². The molecule has 1 unspecified atom stereocenters. The van der Waals surface area contributed by atoms with Gasteiger partial charge in [-0.2, -0.15) is 10.5 Å². The second-order valence-electron chi connectivity index (χ2n) is 12.7. The number of hydrogen-bond acceptors (Lipinski definition) is 3. The monoisotopic (exact) mass is 593 g/mol. The number of fused-ring (bicyclic) bond motifs is 9. The van der Waals surface area contributed by atoms with Crippen molar-refractivity contribution in [1.82, 2.24) is 4.57 Å². The Morgan fingerprint density at radius 3 is 2.42 bits per heavy atom. The predicted molar refractivity (Wildman–Crippen MR) is 185 cm³/mol. The van der Waals surface area contributed by atoms with Crippen LogP contribution in [0.25, 0.3) is 54.8 Å². The molecule has 0 fully saturated rings. The molecular weight excluding hydrogens is 567 g/mol. The van der Waals surface area contributed by atoms with Gasteiger partial charge in [0.25, 0.3) is 0 Å². The molecule has 2 aromatic heterocycles. The summed E-state index contributed by atoms with van der Waals surface area (Å²) in [5.41, 5.74) is 12.2. The third-order valence-corrected chi connectivity index (χ3v) is 11.2. The number of benzene rings is 5. The molecule has 0 bridgehead atoms. The molecule has 5 aromatic carbocycles. The summed E-state index contributed by atoms with van der Waals surface area (Å²) in [5.74, 6) is 0.0156. The first-order chi connectivity index (χ1) is 22.0. The van der Waals surface area contributed by atoms with E-state index in [0.717, 1.165) is 39.5 Å². The molecule has 1 atom stereocenters. The van der Waals surface area contributed by atoms with Crippen LogP contribution in [0.3, 0.4) is 0 Å². The average molecular weight is 594 g/mol. The Bertz CT molecular complexity index is 2530. The summed E-state index contributed by atoms with van der Waals surface area (Å²) in [5, 5.41) is 23.7. The van der Waals surface area contributed by atoms with Crippen LogP contribution >= 0.6 is 11.3 Å². The lowest BCUT2D eigenvalue weighted by Gasteiger charge is -2.25. The fraction of sp³-hybridized carbons (Fsp3) is 0.122. The Balaban J connectivity index is 1.33. The molecule has 212 valence electrons. The largest absolute Gasteiger partial charge is 0.309 e. The van der Waals surface area contributed by atoms with E-state index in [1.807, 2.05) is 47.7 Å². The van der Waals surface area contributed by atoms with Gasteiger partial charge in [-0.25, -0.2) is 0 Å². The van der Waals surface area contributed by atoms with Crippen LogP contribution in [-0.2, 0) is 5.41 Å². The van der Waals surface area contributed by atoms with Gasteiger partial charge in [0.2, 0.25) is 0 Å². The summed E-state index contributed by atoms with van der Waals surface area (Å²) in [4.78, 5) is 1.27. The number of nitrogens with zero attached hydrogens (tertiary/aromatic N) is 3.